The molecular weight excluding hydrogens is 232 g/mol. The van der Waals surface area contributed by atoms with Gasteiger partial charge in [0.25, 0.3) is 0 Å². The summed E-state index contributed by atoms with van der Waals surface area (Å²) in [5.74, 6) is 0.637. The van der Waals surface area contributed by atoms with Crippen LogP contribution in [0.4, 0.5) is 0 Å². The summed E-state index contributed by atoms with van der Waals surface area (Å²) in [7, 11) is 3.06. The van der Waals surface area contributed by atoms with Gasteiger partial charge in [0.15, 0.2) is 0 Å². The molecule has 2 heterocycles. The molecule has 5 heteroatoms. The maximum atomic E-state index is 11.4. The predicted octanol–water partition coefficient (Wildman–Crippen LogP) is 1.70. The molecule has 5 nitrogen and oxygen atoms in total. The number of aromatic nitrogens is 2. The molecule has 2 rings (SSSR count). The summed E-state index contributed by atoms with van der Waals surface area (Å²) in [4.78, 5) is 15.8. The van der Waals surface area contributed by atoms with Gasteiger partial charge in [-0.3, -0.25) is 0 Å². The van der Waals surface area contributed by atoms with E-state index >= 15 is 0 Å². The van der Waals surface area contributed by atoms with Gasteiger partial charge in [-0.05, 0) is 18.6 Å². The van der Waals surface area contributed by atoms with Crippen LogP contribution in [0.1, 0.15) is 22.6 Å². The molecule has 0 N–H and O–H groups in total. The van der Waals surface area contributed by atoms with Crippen LogP contribution in [0.3, 0.4) is 0 Å². The Balaban J connectivity index is 2.23. The average Bonchev–Trinajstić information content (AvgIpc) is 2.80. The molecule has 0 amide bonds. The van der Waals surface area contributed by atoms with Crippen LogP contribution in [-0.4, -0.2) is 36.2 Å². The first-order valence-electron chi connectivity index (χ1n) is 5.79. The number of methoxy groups -OCH3 is 2. The van der Waals surface area contributed by atoms with Gasteiger partial charge in [-0.25, -0.2) is 9.78 Å². The second kappa shape index (κ2) is 5.64. The third kappa shape index (κ3) is 2.51. The zero-order valence-electron chi connectivity index (χ0n) is 10.5. The molecule has 0 fully saturated rings. The number of ether oxygens (including phenoxy) is 2. The van der Waals surface area contributed by atoms with E-state index in [1.54, 1.807) is 25.4 Å². The van der Waals surface area contributed by atoms with Gasteiger partial charge < -0.3 is 13.9 Å². The smallest absolute Gasteiger partial charge is 0.337 e. The molecule has 0 aromatic carbocycles. The first kappa shape index (κ1) is 12.6. The largest absolute Gasteiger partial charge is 0.465 e. The third-order valence-electron chi connectivity index (χ3n) is 2.78. The first-order valence-corrected chi connectivity index (χ1v) is 5.79. The molecule has 0 unspecified atom stereocenters. The number of aryl methyl sites for hydroxylation is 1. The number of pyridine rings is 1. The zero-order valence-corrected chi connectivity index (χ0v) is 10.5. The number of hydrogen-bond acceptors (Lipinski definition) is 4. The second-order valence-electron chi connectivity index (χ2n) is 3.97. The van der Waals surface area contributed by atoms with Gasteiger partial charge in [0, 0.05) is 26.3 Å². The lowest BCUT2D eigenvalue weighted by Gasteiger charge is -2.03. The average molecular weight is 248 g/mol. The van der Waals surface area contributed by atoms with Gasteiger partial charge in [-0.1, -0.05) is 0 Å². The van der Waals surface area contributed by atoms with Gasteiger partial charge >= 0.3 is 5.97 Å². The van der Waals surface area contributed by atoms with E-state index in [1.807, 2.05) is 10.6 Å². The lowest BCUT2D eigenvalue weighted by Crippen LogP contribution is -2.03. The Morgan fingerprint density at radius 1 is 1.44 bits per heavy atom. The Morgan fingerprint density at radius 2 is 2.28 bits per heavy atom. The van der Waals surface area contributed by atoms with E-state index in [4.69, 9.17) is 4.74 Å². The molecule has 96 valence electrons. The summed E-state index contributed by atoms with van der Waals surface area (Å²) in [6, 6.07) is 3.51. The molecule has 0 aliphatic carbocycles. The van der Waals surface area contributed by atoms with Crippen molar-refractivity contribution in [3.05, 3.63) is 35.9 Å². The van der Waals surface area contributed by atoms with E-state index in [2.05, 4.69) is 9.72 Å². The number of nitrogens with zero attached hydrogens (tertiary/aromatic N) is 2. The van der Waals surface area contributed by atoms with Crippen molar-refractivity contribution in [3.63, 3.8) is 0 Å². The Hall–Kier alpha value is -1.88. The lowest BCUT2D eigenvalue weighted by molar-refractivity contribution is 0.0600. The predicted molar refractivity (Wildman–Crippen MR) is 66.7 cm³/mol. The van der Waals surface area contributed by atoms with Crippen molar-refractivity contribution < 1.29 is 14.3 Å². The molecule has 0 bridgehead atoms. The lowest BCUT2D eigenvalue weighted by atomic mass is 10.2. The van der Waals surface area contributed by atoms with E-state index < -0.39 is 0 Å². The normalized spacial score (nSPS) is 10.8. The zero-order chi connectivity index (χ0) is 13.0. The van der Waals surface area contributed by atoms with Crippen molar-refractivity contribution in [3.8, 4) is 0 Å². The van der Waals surface area contributed by atoms with Gasteiger partial charge in [0.05, 0.1) is 24.4 Å². The van der Waals surface area contributed by atoms with E-state index in [0.29, 0.717) is 5.56 Å². The summed E-state index contributed by atoms with van der Waals surface area (Å²) in [5, 5.41) is 0. The Bertz CT molecular complexity index is 548. The number of carbonyl (C=O) groups is 1. The highest BCUT2D eigenvalue weighted by atomic mass is 16.5. The van der Waals surface area contributed by atoms with Crippen molar-refractivity contribution in [1.29, 1.82) is 0 Å². The van der Waals surface area contributed by atoms with E-state index in [0.717, 1.165) is 30.8 Å². The van der Waals surface area contributed by atoms with Crippen molar-refractivity contribution in [2.75, 3.05) is 20.8 Å². The molecule has 0 saturated heterocycles. The maximum absolute atomic E-state index is 11.4. The second-order valence-corrected chi connectivity index (χ2v) is 3.97. The summed E-state index contributed by atoms with van der Waals surface area (Å²) in [6.45, 7) is 0.717. The minimum Gasteiger partial charge on any atom is -0.465 e. The fourth-order valence-corrected chi connectivity index (χ4v) is 1.86. The number of carbonyl (C=O) groups excluding carboxylic acids is 1. The fourth-order valence-electron chi connectivity index (χ4n) is 1.86. The van der Waals surface area contributed by atoms with Crippen LogP contribution in [0.2, 0.25) is 0 Å². The Morgan fingerprint density at radius 3 is 3.00 bits per heavy atom. The molecule has 0 atom stereocenters. The summed E-state index contributed by atoms with van der Waals surface area (Å²) >= 11 is 0. The quantitative estimate of drug-likeness (QED) is 0.597. The highest BCUT2D eigenvalue weighted by Crippen LogP contribution is 2.12. The van der Waals surface area contributed by atoms with E-state index in [9.17, 15) is 4.79 Å². The van der Waals surface area contributed by atoms with Crippen LogP contribution in [0.5, 0.6) is 0 Å². The van der Waals surface area contributed by atoms with Crippen LogP contribution in [0.15, 0.2) is 24.5 Å². The summed E-state index contributed by atoms with van der Waals surface area (Å²) < 4.78 is 11.7. The summed E-state index contributed by atoms with van der Waals surface area (Å²) in [6.07, 6.45) is 5.37. The number of hydrogen-bond donors (Lipinski definition) is 0. The minimum absolute atomic E-state index is 0.334. The number of rotatable bonds is 5. The van der Waals surface area contributed by atoms with E-state index in [1.165, 1.54) is 7.11 Å². The number of esters is 1. The van der Waals surface area contributed by atoms with Gasteiger partial charge in [-0.15, -0.1) is 0 Å². The molecule has 18 heavy (non-hydrogen) atoms. The molecule has 2 aromatic heterocycles. The van der Waals surface area contributed by atoms with Crippen molar-refractivity contribution in [2.24, 2.45) is 0 Å². The van der Waals surface area contributed by atoms with Gasteiger partial charge in [0.1, 0.15) is 5.82 Å². The highest BCUT2D eigenvalue weighted by molar-refractivity contribution is 5.90. The van der Waals surface area contributed by atoms with Crippen LogP contribution in [0.25, 0.3) is 5.52 Å². The topological polar surface area (TPSA) is 52.8 Å². The van der Waals surface area contributed by atoms with Crippen LogP contribution in [0, 0.1) is 0 Å². The molecule has 0 aliphatic heterocycles. The molecular formula is C13H16N2O3. The van der Waals surface area contributed by atoms with Gasteiger partial charge in [-0.2, -0.15) is 0 Å². The molecule has 2 aromatic rings. The standard InChI is InChI=1S/C13H16N2O3/c1-17-7-3-4-12-14-9-11-8-10(13(16)18-2)5-6-15(11)12/h5-6,8-9H,3-4,7H2,1-2H3. The van der Waals surface area contributed by atoms with E-state index in [-0.39, 0.29) is 5.97 Å². The van der Waals surface area contributed by atoms with Crippen LogP contribution >= 0.6 is 0 Å². The maximum Gasteiger partial charge on any atom is 0.337 e. The number of imidazole rings is 1. The Labute approximate surface area is 105 Å². The van der Waals surface area contributed by atoms with Crippen molar-refractivity contribution in [2.45, 2.75) is 12.8 Å². The van der Waals surface area contributed by atoms with Crippen LogP contribution < -0.4 is 0 Å². The van der Waals surface area contributed by atoms with Crippen LogP contribution in [-0.2, 0) is 15.9 Å². The van der Waals surface area contributed by atoms with Crippen molar-refractivity contribution >= 4 is 11.5 Å². The molecule has 0 radical (unpaired) electrons. The summed E-state index contributed by atoms with van der Waals surface area (Å²) in [5.41, 5.74) is 1.43. The first-order chi connectivity index (χ1) is 8.76. The molecule has 0 saturated carbocycles. The highest BCUT2D eigenvalue weighted by Gasteiger charge is 2.08. The minimum atomic E-state index is -0.334. The molecule has 0 spiro atoms. The number of fused-ring (bicyclic) bond motifs is 1. The third-order valence-corrected chi connectivity index (χ3v) is 2.78. The Kier molecular flexibility index (Phi) is 3.94. The SMILES string of the molecule is COCCCc1ncc2cc(C(=O)OC)ccn12. The monoisotopic (exact) mass is 248 g/mol. The van der Waals surface area contributed by atoms with Gasteiger partial charge in [0.2, 0.25) is 0 Å². The van der Waals surface area contributed by atoms with Crippen molar-refractivity contribution in [1.82, 2.24) is 9.38 Å². The molecule has 0 aliphatic rings. The fraction of sp³-hybridized carbons (Fsp3) is 0.385.